The number of hydrogen-bond donors (Lipinski definition) is 0. The summed E-state index contributed by atoms with van der Waals surface area (Å²) in [6.07, 6.45) is 0. The SMILES string of the molecule is c1ccc(N(c2ccc3c(c2)sc2ccc4c(ccc5sc6cc(N(c7ccccc7)c7ccc8oc9ccccc9c8c7)ccc6c54)c23)c2ccc3oc4ccccc4c3c2)cc1. The maximum Gasteiger partial charge on any atom is 0.135 e. The Hall–Kier alpha value is -7.90. The first-order valence-corrected chi connectivity index (χ1v) is 23.1. The second kappa shape index (κ2) is 13.8. The van der Waals surface area contributed by atoms with Crippen LogP contribution in [-0.4, -0.2) is 0 Å². The summed E-state index contributed by atoms with van der Waals surface area (Å²) >= 11 is 3.73. The fourth-order valence-electron chi connectivity index (χ4n) is 9.97. The van der Waals surface area contributed by atoms with E-state index >= 15 is 0 Å². The molecule has 0 saturated carbocycles. The molecule has 0 fully saturated rings. The summed E-state index contributed by atoms with van der Waals surface area (Å²) in [6.45, 7) is 0. The highest BCUT2D eigenvalue weighted by Gasteiger charge is 2.21. The van der Waals surface area contributed by atoms with Crippen LogP contribution in [0.4, 0.5) is 34.1 Å². The van der Waals surface area contributed by atoms with E-state index in [0.717, 1.165) is 78.0 Å². The average molecular weight is 855 g/mol. The van der Waals surface area contributed by atoms with Crippen molar-refractivity contribution >= 4 is 152 Å². The molecule has 14 aromatic rings. The molecule has 4 aromatic heterocycles. The van der Waals surface area contributed by atoms with Crippen molar-refractivity contribution in [3.63, 3.8) is 0 Å². The van der Waals surface area contributed by atoms with Gasteiger partial charge < -0.3 is 18.6 Å². The lowest BCUT2D eigenvalue weighted by atomic mass is 9.99. The molecule has 0 unspecified atom stereocenters. The van der Waals surface area contributed by atoms with Crippen molar-refractivity contribution in [2.45, 2.75) is 0 Å². The molecule has 0 atom stereocenters. The van der Waals surface area contributed by atoms with Gasteiger partial charge in [-0.25, -0.2) is 0 Å². The highest BCUT2D eigenvalue weighted by atomic mass is 32.1. The molecule has 0 aliphatic heterocycles. The van der Waals surface area contributed by atoms with Gasteiger partial charge in [-0.05, 0) is 120 Å². The molecule has 0 radical (unpaired) electrons. The summed E-state index contributed by atoms with van der Waals surface area (Å²) < 4.78 is 17.5. The molecule has 4 nitrogen and oxygen atoms in total. The molecule has 0 amide bonds. The molecule has 6 heteroatoms. The van der Waals surface area contributed by atoms with Crippen LogP contribution < -0.4 is 9.80 Å². The molecule has 64 heavy (non-hydrogen) atoms. The van der Waals surface area contributed by atoms with Crippen molar-refractivity contribution in [3.8, 4) is 0 Å². The Morgan fingerprint density at radius 1 is 0.250 bits per heavy atom. The van der Waals surface area contributed by atoms with Crippen molar-refractivity contribution in [2.24, 2.45) is 0 Å². The lowest BCUT2D eigenvalue weighted by Crippen LogP contribution is -2.09. The number of fused-ring (bicyclic) bond motifs is 15. The molecule has 0 saturated heterocycles. The summed E-state index contributed by atoms with van der Waals surface area (Å²) in [5, 5.41) is 12.2. The number of benzene rings is 10. The van der Waals surface area contributed by atoms with Crippen LogP contribution in [0.3, 0.4) is 0 Å². The lowest BCUT2D eigenvalue weighted by Gasteiger charge is -2.25. The fraction of sp³-hybridized carbons (Fsp3) is 0. The van der Waals surface area contributed by atoms with Gasteiger partial charge in [0.2, 0.25) is 0 Å². The fourth-order valence-corrected chi connectivity index (χ4v) is 12.3. The van der Waals surface area contributed by atoms with Gasteiger partial charge in [-0.1, -0.05) is 97.1 Å². The van der Waals surface area contributed by atoms with E-state index in [4.69, 9.17) is 8.83 Å². The highest BCUT2D eigenvalue weighted by Crippen LogP contribution is 2.48. The zero-order chi connectivity index (χ0) is 41.9. The average Bonchev–Trinajstić information content (AvgIpc) is 4.12. The summed E-state index contributed by atoms with van der Waals surface area (Å²) in [7, 11) is 0. The molecule has 10 aromatic carbocycles. The Morgan fingerprint density at radius 3 is 1.09 bits per heavy atom. The first-order chi connectivity index (χ1) is 31.7. The Labute approximate surface area is 374 Å². The molecular weight excluding hydrogens is 821 g/mol. The topological polar surface area (TPSA) is 32.8 Å². The van der Waals surface area contributed by atoms with Gasteiger partial charge >= 0.3 is 0 Å². The van der Waals surface area contributed by atoms with Crippen LogP contribution in [0.1, 0.15) is 0 Å². The van der Waals surface area contributed by atoms with Crippen LogP contribution in [-0.2, 0) is 0 Å². The second-order valence-corrected chi connectivity index (χ2v) is 18.6. The van der Waals surface area contributed by atoms with Crippen molar-refractivity contribution in [1.29, 1.82) is 0 Å². The maximum atomic E-state index is 6.22. The smallest absolute Gasteiger partial charge is 0.135 e. The van der Waals surface area contributed by atoms with Gasteiger partial charge in [-0.2, -0.15) is 0 Å². The molecular formula is C58H34N2O2S2. The van der Waals surface area contributed by atoms with E-state index in [2.05, 4.69) is 192 Å². The van der Waals surface area contributed by atoms with Crippen LogP contribution in [0.25, 0.3) is 95.0 Å². The third-order valence-corrected chi connectivity index (χ3v) is 15.1. The quantitative estimate of drug-likeness (QED) is 0.167. The molecule has 0 bridgehead atoms. The number of hydrogen-bond acceptors (Lipinski definition) is 6. The van der Waals surface area contributed by atoms with Crippen LogP contribution in [0.2, 0.25) is 0 Å². The number of furan rings is 2. The Kier molecular flexibility index (Phi) is 7.69. The number of para-hydroxylation sites is 4. The number of nitrogens with zero attached hydrogens (tertiary/aromatic N) is 2. The molecule has 4 heterocycles. The largest absolute Gasteiger partial charge is 0.456 e. The standard InChI is InChI=1S/C58H34N2O2S2/c1-3-11-35(12-4-1)59(37-21-27-51-47(31-37)41-15-7-9-17-49(41)61-51)39-19-23-45-55(33-39)63-53-29-25-44-43(57(45)53)26-30-54-58(44)46-24-20-40(34-56(46)64-54)60(36-13-5-2-6-14-36)38-22-28-52-48(32-38)42-16-8-10-18-50(42)62-52/h1-34H. The van der Waals surface area contributed by atoms with Crippen molar-refractivity contribution in [2.75, 3.05) is 9.80 Å². The number of thiophene rings is 2. The third-order valence-electron chi connectivity index (χ3n) is 12.8. The van der Waals surface area contributed by atoms with E-state index in [0.29, 0.717) is 0 Å². The first kappa shape index (κ1) is 35.7. The Balaban J connectivity index is 0.898. The lowest BCUT2D eigenvalue weighted by molar-refractivity contribution is 0.668. The molecule has 0 aliphatic carbocycles. The Bertz CT molecular complexity index is 3890. The van der Waals surface area contributed by atoms with Crippen LogP contribution in [0, 0.1) is 0 Å². The summed E-state index contributed by atoms with van der Waals surface area (Å²) in [4.78, 5) is 4.71. The molecule has 14 rings (SSSR count). The minimum Gasteiger partial charge on any atom is -0.456 e. The predicted molar refractivity (Wildman–Crippen MR) is 274 cm³/mol. The van der Waals surface area contributed by atoms with Crippen LogP contribution in [0.15, 0.2) is 215 Å². The first-order valence-electron chi connectivity index (χ1n) is 21.5. The Morgan fingerprint density at radius 2 is 0.625 bits per heavy atom. The molecule has 300 valence electrons. The van der Waals surface area contributed by atoms with E-state index in [9.17, 15) is 0 Å². The maximum absolute atomic E-state index is 6.22. The van der Waals surface area contributed by atoms with Gasteiger partial charge in [0.15, 0.2) is 0 Å². The summed E-state index contributed by atoms with van der Waals surface area (Å²) in [5.74, 6) is 0. The third kappa shape index (κ3) is 5.40. The zero-order valence-electron chi connectivity index (χ0n) is 34.2. The monoisotopic (exact) mass is 854 g/mol. The summed E-state index contributed by atoms with van der Waals surface area (Å²) in [6, 6.07) is 74.2. The molecule has 0 spiro atoms. The van der Waals surface area contributed by atoms with E-state index in [1.165, 1.54) is 51.1 Å². The highest BCUT2D eigenvalue weighted by molar-refractivity contribution is 7.26. The van der Waals surface area contributed by atoms with E-state index < -0.39 is 0 Å². The van der Waals surface area contributed by atoms with Crippen molar-refractivity contribution in [3.05, 3.63) is 206 Å². The van der Waals surface area contributed by atoms with Gasteiger partial charge in [-0.15, -0.1) is 22.7 Å². The molecule has 0 N–H and O–H groups in total. The number of rotatable bonds is 6. The van der Waals surface area contributed by atoms with Gasteiger partial charge in [0.1, 0.15) is 22.3 Å². The second-order valence-electron chi connectivity index (χ2n) is 16.4. The van der Waals surface area contributed by atoms with Gasteiger partial charge in [-0.3, -0.25) is 0 Å². The minimum atomic E-state index is 0.893. The van der Waals surface area contributed by atoms with Gasteiger partial charge in [0.25, 0.3) is 0 Å². The van der Waals surface area contributed by atoms with Crippen molar-refractivity contribution < 1.29 is 8.83 Å². The van der Waals surface area contributed by atoms with Crippen molar-refractivity contribution in [1.82, 2.24) is 0 Å². The minimum absolute atomic E-state index is 0.893. The zero-order valence-corrected chi connectivity index (χ0v) is 35.8. The predicted octanol–water partition coefficient (Wildman–Crippen LogP) is 18.3. The van der Waals surface area contributed by atoms with E-state index in [1.54, 1.807) is 0 Å². The van der Waals surface area contributed by atoms with Gasteiger partial charge in [0.05, 0.1) is 0 Å². The van der Waals surface area contributed by atoms with E-state index in [1.807, 2.05) is 46.9 Å². The van der Waals surface area contributed by atoms with Crippen LogP contribution in [0.5, 0.6) is 0 Å². The molecule has 0 aliphatic rings. The summed E-state index contributed by atoms with van der Waals surface area (Å²) in [5.41, 5.74) is 10.2. The van der Waals surface area contributed by atoms with Gasteiger partial charge in [0, 0.05) is 96.0 Å². The van der Waals surface area contributed by atoms with Crippen LogP contribution >= 0.6 is 22.7 Å². The number of anilines is 6. The normalized spacial score (nSPS) is 12.1. The van der Waals surface area contributed by atoms with E-state index in [-0.39, 0.29) is 0 Å².